The fraction of sp³-hybridized carbons (Fsp3) is 0.929. The van der Waals surface area contributed by atoms with Crippen molar-refractivity contribution in [3.63, 3.8) is 0 Å². The Bertz CT molecular complexity index is 1710. The molecule has 19 nitrogen and oxygen atoms in total. The molecule has 0 aromatic carbocycles. The number of rotatable bonds is 56. The molecule has 0 bridgehead atoms. The Labute approximate surface area is 537 Å². The van der Waals surface area contributed by atoms with Crippen LogP contribution in [0.15, 0.2) is 24.3 Å². The Hall–Kier alpha value is -1.73. The Kier molecular flexibility index (Phi) is 48.1. The highest BCUT2D eigenvalue weighted by Crippen LogP contribution is 2.33. The van der Waals surface area contributed by atoms with Crippen molar-refractivity contribution in [1.29, 1.82) is 0 Å². The SMILES string of the molecule is CCCCCCCCCC/C=C\CCCCCCCCCCCC(=O)NC(COC1OC(CO)C(OC2OC(CO)C(OC3OC(CO)C(O)C(O)C3O)C(O)C2O)C(O)C1O)C(O)/C=C/CCCCCCCCCCCCCCCCCCCCCCC. The molecule has 0 radical (unpaired) electrons. The number of aliphatic hydroxyl groups is 11. The lowest BCUT2D eigenvalue weighted by Gasteiger charge is -2.48. The molecular formula is C70H131NO18. The van der Waals surface area contributed by atoms with E-state index in [0.717, 1.165) is 51.4 Å². The van der Waals surface area contributed by atoms with Crippen LogP contribution in [0.2, 0.25) is 0 Å². The van der Waals surface area contributed by atoms with Crippen LogP contribution in [0.5, 0.6) is 0 Å². The van der Waals surface area contributed by atoms with Gasteiger partial charge in [0.05, 0.1) is 38.6 Å². The summed E-state index contributed by atoms with van der Waals surface area (Å²) in [6.45, 7) is 1.77. The third-order valence-corrected chi connectivity index (χ3v) is 18.2. The van der Waals surface area contributed by atoms with E-state index in [0.29, 0.717) is 6.42 Å². The zero-order valence-corrected chi connectivity index (χ0v) is 55.4. The van der Waals surface area contributed by atoms with Gasteiger partial charge in [-0.15, -0.1) is 0 Å². The minimum absolute atomic E-state index is 0.243. The first kappa shape index (κ1) is 81.5. The molecule has 3 heterocycles. The van der Waals surface area contributed by atoms with Gasteiger partial charge in [-0.3, -0.25) is 4.79 Å². The van der Waals surface area contributed by atoms with Gasteiger partial charge in [0.25, 0.3) is 0 Å². The number of ether oxygens (including phenoxy) is 6. The molecule has 0 aromatic rings. The molecule has 0 saturated carbocycles. The normalized spacial score (nSPS) is 28.3. The second kappa shape index (κ2) is 52.5. The molecule has 3 rings (SSSR count). The lowest BCUT2D eigenvalue weighted by atomic mass is 9.96. The summed E-state index contributed by atoms with van der Waals surface area (Å²) in [5, 5.41) is 121. The highest BCUT2D eigenvalue weighted by atomic mass is 16.8. The first-order valence-electron chi connectivity index (χ1n) is 36.1. The summed E-state index contributed by atoms with van der Waals surface area (Å²) in [7, 11) is 0. The fourth-order valence-corrected chi connectivity index (χ4v) is 12.4. The summed E-state index contributed by atoms with van der Waals surface area (Å²) < 4.78 is 34.4. The molecule has 0 spiro atoms. The van der Waals surface area contributed by atoms with Crippen LogP contribution in [0.4, 0.5) is 0 Å². The monoisotopic (exact) mass is 1270 g/mol. The molecule has 3 aliphatic heterocycles. The number of amides is 1. The van der Waals surface area contributed by atoms with Crippen LogP contribution >= 0.6 is 0 Å². The van der Waals surface area contributed by atoms with Crippen LogP contribution in [-0.4, -0.2) is 193 Å². The van der Waals surface area contributed by atoms with Crippen molar-refractivity contribution in [1.82, 2.24) is 5.32 Å². The number of hydrogen-bond acceptors (Lipinski definition) is 18. The molecule has 3 saturated heterocycles. The molecule has 19 heteroatoms. The van der Waals surface area contributed by atoms with E-state index in [1.807, 2.05) is 6.08 Å². The fourth-order valence-electron chi connectivity index (χ4n) is 12.4. The van der Waals surface area contributed by atoms with Gasteiger partial charge in [0.1, 0.15) is 73.2 Å². The van der Waals surface area contributed by atoms with Gasteiger partial charge in [-0.2, -0.15) is 0 Å². The van der Waals surface area contributed by atoms with Crippen LogP contribution in [0.3, 0.4) is 0 Å². The summed E-state index contributed by atoms with van der Waals surface area (Å²) in [4.78, 5) is 13.4. The standard InChI is InChI=1S/C70H131NO18/c1-3-5-7-9-11-13-15-17-19-21-23-25-26-28-29-31-33-35-37-39-41-43-45-47-54(75)53(71-58(76)48-46-44-42-40-38-36-34-32-30-27-24-22-20-18-16-14-12-10-8-6-4-2)52-84-68-64(82)61(79)66(56(50-73)86-68)89-70-65(83)62(80)67(57(51-74)87-70)88-69-63(81)60(78)59(77)55(49-72)85-69/h22,24,45,47,53-57,59-70,72-75,77-83H,3-21,23,25-44,46,48-52H2,1-2H3,(H,71,76)/b24-22-,47-45+. The minimum Gasteiger partial charge on any atom is -0.394 e. The quantitative estimate of drug-likeness (QED) is 0.0199. The average Bonchev–Trinajstić information content (AvgIpc) is 1.93. The van der Waals surface area contributed by atoms with E-state index in [4.69, 9.17) is 28.4 Å². The van der Waals surface area contributed by atoms with E-state index in [1.54, 1.807) is 6.08 Å². The van der Waals surface area contributed by atoms with Gasteiger partial charge >= 0.3 is 0 Å². The number of unbranched alkanes of at least 4 members (excludes halogenated alkanes) is 38. The number of aliphatic hydroxyl groups excluding tert-OH is 11. The second-order valence-electron chi connectivity index (χ2n) is 26.1. The summed E-state index contributed by atoms with van der Waals surface area (Å²) in [5.74, 6) is -0.274. The summed E-state index contributed by atoms with van der Waals surface area (Å²) in [5.41, 5.74) is 0. The predicted molar refractivity (Wildman–Crippen MR) is 346 cm³/mol. The van der Waals surface area contributed by atoms with Crippen molar-refractivity contribution >= 4 is 5.91 Å². The largest absolute Gasteiger partial charge is 0.394 e. The lowest BCUT2D eigenvalue weighted by molar-refractivity contribution is -0.379. The molecule has 0 aliphatic carbocycles. The van der Waals surface area contributed by atoms with Crippen LogP contribution in [0, 0.1) is 0 Å². The van der Waals surface area contributed by atoms with E-state index in [2.05, 4.69) is 31.3 Å². The van der Waals surface area contributed by atoms with Crippen molar-refractivity contribution in [2.45, 2.75) is 388 Å². The Morgan fingerprint density at radius 1 is 0.393 bits per heavy atom. The number of hydrogen-bond donors (Lipinski definition) is 12. The third-order valence-electron chi connectivity index (χ3n) is 18.2. The van der Waals surface area contributed by atoms with Crippen LogP contribution in [0.25, 0.3) is 0 Å². The zero-order valence-electron chi connectivity index (χ0n) is 55.4. The van der Waals surface area contributed by atoms with Gasteiger partial charge in [0.15, 0.2) is 18.9 Å². The maximum Gasteiger partial charge on any atom is 0.220 e. The maximum absolute atomic E-state index is 13.4. The first-order valence-corrected chi connectivity index (χ1v) is 36.1. The molecule has 3 aliphatic rings. The third kappa shape index (κ3) is 34.5. The number of carbonyl (C=O) groups excluding carboxylic acids is 1. The molecule has 89 heavy (non-hydrogen) atoms. The predicted octanol–water partition coefficient (Wildman–Crippen LogP) is 9.83. The van der Waals surface area contributed by atoms with E-state index in [9.17, 15) is 61.0 Å². The number of carbonyl (C=O) groups is 1. The second-order valence-corrected chi connectivity index (χ2v) is 26.1. The Balaban J connectivity index is 1.44. The minimum atomic E-state index is -1.98. The summed E-state index contributed by atoms with van der Waals surface area (Å²) >= 11 is 0. The van der Waals surface area contributed by atoms with Crippen LogP contribution < -0.4 is 5.32 Å². The van der Waals surface area contributed by atoms with Crippen molar-refractivity contribution in [3.8, 4) is 0 Å². The van der Waals surface area contributed by atoms with E-state index in [1.165, 1.54) is 205 Å². The highest BCUT2D eigenvalue weighted by molar-refractivity contribution is 5.76. The topological polar surface area (TPSA) is 307 Å². The summed E-state index contributed by atoms with van der Waals surface area (Å²) in [6, 6.07) is -0.973. The van der Waals surface area contributed by atoms with E-state index in [-0.39, 0.29) is 18.9 Å². The van der Waals surface area contributed by atoms with Gasteiger partial charge in [0.2, 0.25) is 5.91 Å². The van der Waals surface area contributed by atoms with E-state index < -0.39 is 124 Å². The Morgan fingerprint density at radius 2 is 0.708 bits per heavy atom. The van der Waals surface area contributed by atoms with Crippen molar-refractivity contribution in [3.05, 3.63) is 24.3 Å². The van der Waals surface area contributed by atoms with Gasteiger partial charge in [-0.25, -0.2) is 0 Å². The molecule has 17 atom stereocenters. The molecule has 0 aromatic heterocycles. The average molecular weight is 1270 g/mol. The molecular weight excluding hydrogens is 1140 g/mol. The van der Waals surface area contributed by atoms with Gasteiger partial charge in [-0.1, -0.05) is 256 Å². The van der Waals surface area contributed by atoms with E-state index >= 15 is 0 Å². The van der Waals surface area contributed by atoms with Gasteiger partial charge in [0, 0.05) is 6.42 Å². The van der Waals surface area contributed by atoms with Crippen molar-refractivity contribution < 1.29 is 89.4 Å². The first-order chi connectivity index (χ1) is 43.3. The molecule has 1 amide bonds. The zero-order chi connectivity index (χ0) is 64.7. The highest BCUT2D eigenvalue weighted by Gasteiger charge is 2.53. The molecule has 3 fully saturated rings. The molecule has 12 N–H and O–H groups in total. The van der Waals surface area contributed by atoms with Crippen LogP contribution in [-0.2, 0) is 33.2 Å². The van der Waals surface area contributed by atoms with Crippen molar-refractivity contribution in [2.75, 3.05) is 26.4 Å². The molecule has 524 valence electrons. The smallest absolute Gasteiger partial charge is 0.220 e. The number of allylic oxidation sites excluding steroid dienone is 3. The number of nitrogens with one attached hydrogen (secondary N) is 1. The Morgan fingerprint density at radius 3 is 1.09 bits per heavy atom. The lowest BCUT2D eigenvalue weighted by Crippen LogP contribution is -2.66. The van der Waals surface area contributed by atoms with Gasteiger partial charge < -0.3 is 89.9 Å². The maximum atomic E-state index is 13.4. The molecule has 17 unspecified atom stereocenters. The van der Waals surface area contributed by atoms with Gasteiger partial charge in [-0.05, 0) is 44.9 Å². The van der Waals surface area contributed by atoms with Crippen LogP contribution in [0.1, 0.15) is 284 Å². The summed E-state index contributed by atoms with van der Waals surface area (Å²) in [6.07, 6.45) is 32.9. The van der Waals surface area contributed by atoms with Crippen molar-refractivity contribution in [2.24, 2.45) is 0 Å².